The third-order valence-corrected chi connectivity index (χ3v) is 4.77. The van der Waals surface area contributed by atoms with Crippen molar-refractivity contribution in [2.45, 2.75) is 53.4 Å². The van der Waals surface area contributed by atoms with Crippen LogP contribution in [0.5, 0.6) is 5.75 Å². The van der Waals surface area contributed by atoms with E-state index in [2.05, 4.69) is 26.8 Å². The Labute approximate surface area is 105 Å². The van der Waals surface area contributed by atoms with Crippen LogP contribution in [0.1, 0.15) is 49.8 Å². The maximum absolute atomic E-state index is 10.1. The largest absolute Gasteiger partial charge is 0.507 e. The van der Waals surface area contributed by atoms with Crippen molar-refractivity contribution < 1.29 is 5.11 Å². The molecule has 0 radical (unpaired) electrons. The molecule has 1 unspecified atom stereocenters. The molecule has 94 valence electrons. The molecule has 0 heterocycles. The molecule has 0 aromatic heterocycles. The summed E-state index contributed by atoms with van der Waals surface area (Å²) in [6, 6.07) is 4.12. The highest BCUT2D eigenvalue weighted by atomic mass is 16.3. The van der Waals surface area contributed by atoms with Crippen LogP contribution in [0.3, 0.4) is 0 Å². The summed E-state index contributed by atoms with van der Waals surface area (Å²) in [7, 11) is 0. The van der Waals surface area contributed by atoms with E-state index in [1.54, 1.807) is 0 Å². The first-order valence-electron chi connectivity index (χ1n) is 6.72. The molecule has 1 saturated carbocycles. The van der Waals surface area contributed by atoms with Crippen molar-refractivity contribution in [1.82, 2.24) is 0 Å². The first-order chi connectivity index (χ1) is 7.94. The second-order valence-corrected chi connectivity index (χ2v) is 6.12. The Bertz CT molecular complexity index is 416. The van der Waals surface area contributed by atoms with Crippen molar-refractivity contribution >= 4 is 0 Å². The number of hydrogen-bond acceptors (Lipinski definition) is 1. The van der Waals surface area contributed by atoms with Crippen LogP contribution in [-0.2, 0) is 6.42 Å². The van der Waals surface area contributed by atoms with Gasteiger partial charge in [0.2, 0.25) is 0 Å². The van der Waals surface area contributed by atoms with Crippen molar-refractivity contribution in [1.29, 1.82) is 0 Å². The van der Waals surface area contributed by atoms with Gasteiger partial charge in [0.1, 0.15) is 5.75 Å². The zero-order valence-electron chi connectivity index (χ0n) is 11.5. The molecule has 1 fully saturated rings. The molecule has 2 rings (SSSR count). The highest BCUT2D eigenvalue weighted by Gasteiger charge is 2.41. The molecular weight excluding hydrogens is 208 g/mol. The summed E-state index contributed by atoms with van der Waals surface area (Å²) in [4.78, 5) is 0. The molecule has 1 N–H and O–H groups in total. The van der Waals surface area contributed by atoms with Crippen LogP contribution in [0.25, 0.3) is 0 Å². The summed E-state index contributed by atoms with van der Waals surface area (Å²) in [5.74, 6) is 1.28. The van der Waals surface area contributed by atoms with E-state index < -0.39 is 0 Å². The van der Waals surface area contributed by atoms with Gasteiger partial charge in [-0.1, -0.05) is 26.0 Å². The maximum Gasteiger partial charge on any atom is 0.121 e. The summed E-state index contributed by atoms with van der Waals surface area (Å²) >= 11 is 0. The van der Waals surface area contributed by atoms with E-state index in [-0.39, 0.29) is 0 Å². The van der Waals surface area contributed by atoms with Gasteiger partial charge < -0.3 is 5.11 Å². The Morgan fingerprint density at radius 3 is 2.41 bits per heavy atom. The Morgan fingerprint density at radius 1 is 1.24 bits per heavy atom. The molecule has 17 heavy (non-hydrogen) atoms. The predicted octanol–water partition coefficient (Wildman–Crippen LogP) is 4.38. The zero-order chi connectivity index (χ0) is 12.6. The number of phenols is 1. The molecule has 1 aliphatic carbocycles. The first-order valence-corrected chi connectivity index (χ1v) is 6.72. The predicted molar refractivity (Wildman–Crippen MR) is 72.4 cm³/mol. The molecule has 1 aromatic carbocycles. The number of hydrogen-bond donors (Lipinski definition) is 1. The summed E-state index contributed by atoms with van der Waals surface area (Å²) in [6.45, 7) is 8.82. The third kappa shape index (κ3) is 2.48. The number of aryl methyl sites for hydroxylation is 2. The molecule has 0 amide bonds. The van der Waals surface area contributed by atoms with E-state index in [4.69, 9.17) is 0 Å². The van der Waals surface area contributed by atoms with E-state index in [0.29, 0.717) is 11.2 Å². The van der Waals surface area contributed by atoms with Crippen LogP contribution in [0.4, 0.5) is 0 Å². The molecule has 1 atom stereocenters. The van der Waals surface area contributed by atoms with Gasteiger partial charge in [-0.25, -0.2) is 0 Å². The van der Waals surface area contributed by atoms with E-state index in [1.165, 1.54) is 24.8 Å². The third-order valence-electron chi connectivity index (χ3n) is 4.77. The highest BCUT2D eigenvalue weighted by molar-refractivity contribution is 5.44. The van der Waals surface area contributed by atoms with E-state index in [1.807, 2.05) is 13.0 Å². The molecule has 0 spiro atoms. The van der Waals surface area contributed by atoms with Gasteiger partial charge in [-0.15, -0.1) is 0 Å². The Kier molecular flexibility index (Phi) is 3.20. The van der Waals surface area contributed by atoms with Crippen LogP contribution in [0, 0.1) is 25.2 Å². The first kappa shape index (κ1) is 12.5. The second kappa shape index (κ2) is 4.36. The van der Waals surface area contributed by atoms with Crippen molar-refractivity contribution in [3.8, 4) is 5.75 Å². The maximum atomic E-state index is 10.1. The lowest BCUT2D eigenvalue weighted by Gasteiger charge is -2.19. The quantitative estimate of drug-likeness (QED) is 0.817. The van der Waals surface area contributed by atoms with Crippen molar-refractivity contribution in [3.63, 3.8) is 0 Å². The van der Waals surface area contributed by atoms with Gasteiger partial charge in [0, 0.05) is 0 Å². The van der Waals surface area contributed by atoms with Gasteiger partial charge in [0.25, 0.3) is 0 Å². The number of phenolic OH excluding ortho intramolecular Hbond substituents is 1. The lowest BCUT2D eigenvalue weighted by Crippen LogP contribution is -2.10. The van der Waals surface area contributed by atoms with Crippen molar-refractivity contribution in [2.75, 3.05) is 0 Å². The fourth-order valence-corrected chi connectivity index (χ4v) is 2.57. The van der Waals surface area contributed by atoms with Gasteiger partial charge in [0.15, 0.2) is 0 Å². The lowest BCUT2D eigenvalue weighted by molar-refractivity contribution is 0.340. The van der Waals surface area contributed by atoms with Gasteiger partial charge >= 0.3 is 0 Å². The number of benzene rings is 1. The summed E-state index contributed by atoms with van der Waals surface area (Å²) in [5.41, 5.74) is 3.96. The monoisotopic (exact) mass is 232 g/mol. The van der Waals surface area contributed by atoms with E-state index in [0.717, 1.165) is 23.5 Å². The normalized spacial score (nSPS) is 19.1. The van der Waals surface area contributed by atoms with Crippen LogP contribution in [0.2, 0.25) is 0 Å². The summed E-state index contributed by atoms with van der Waals surface area (Å²) < 4.78 is 0. The molecule has 1 nitrogen and oxygen atoms in total. The molecule has 1 heteroatoms. The molecule has 0 bridgehead atoms. The fraction of sp³-hybridized carbons (Fsp3) is 0.625. The average Bonchev–Trinajstić information content (AvgIpc) is 3.03. The molecule has 1 aliphatic rings. The topological polar surface area (TPSA) is 20.2 Å². The second-order valence-electron chi connectivity index (χ2n) is 6.12. The van der Waals surface area contributed by atoms with Crippen molar-refractivity contribution in [2.24, 2.45) is 11.3 Å². The molecule has 0 saturated heterocycles. The highest BCUT2D eigenvalue weighted by Crippen LogP contribution is 2.52. The summed E-state index contributed by atoms with van der Waals surface area (Å²) in [5, 5.41) is 10.1. The standard InChI is InChI=1S/C16H24O/c1-11-5-6-12(2)15(17)14(11)8-7-13(3)16(4)9-10-16/h5-6,13,17H,7-10H2,1-4H3. The summed E-state index contributed by atoms with van der Waals surface area (Å²) in [6.07, 6.45) is 4.96. The lowest BCUT2D eigenvalue weighted by atomic mass is 9.86. The molecule has 1 aromatic rings. The fourth-order valence-electron chi connectivity index (χ4n) is 2.57. The van der Waals surface area contributed by atoms with Crippen LogP contribution in [-0.4, -0.2) is 5.11 Å². The minimum atomic E-state index is 0.512. The van der Waals surface area contributed by atoms with Gasteiger partial charge in [0.05, 0.1) is 0 Å². The van der Waals surface area contributed by atoms with Crippen LogP contribution in [0.15, 0.2) is 12.1 Å². The van der Waals surface area contributed by atoms with Gasteiger partial charge in [-0.3, -0.25) is 0 Å². The number of aromatic hydroxyl groups is 1. The number of rotatable bonds is 4. The minimum Gasteiger partial charge on any atom is -0.507 e. The smallest absolute Gasteiger partial charge is 0.121 e. The zero-order valence-corrected chi connectivity index (χ0v) is 11.5. The van der Waals surface area contributed by atoms with Crippen LogP contribution < -0.4 is 0 Å². The Hall–Kier alpha value is -0.980. The SMILES string of the molecule is Cc1ccc(C)c(CCC(C)C2(C)CC2)c1O. The van der Waals surface area contributed by atoms with E-state index in [9.17, 15) is 5.11 Å². The van der Waals surface area contributed by atoms with Crippen LogP contribution >= 0.6 is 0 Å². The minimum absolute atomic E-state index is 0.512. The Balaban J connectivity index is 2.06. The molecule has 0 aliphatic heterocycles. The van der Waals surface area contributed by atoms with E-state index >= 15 is 0 Å². The average molecular weight is 232 g/mol. The van der Waals surface area contributed by atoms with Gasteiger partial charge in [-0.05, 0) is 67.6 Å². The van der Waals surface area contributed by atoms with Crippen molar-refractivity contribution in [3.05, 3.63) is 28.8 Å². The van der Waals surface area contributed by atoms with Gasteiger partial charge in [-0.2, -0.15) is 0 Å². The Morgan fingerprint density at radius 2 is 1.82 bits per heavy atom. The molecular formula is C16H24O.